The van der Waals surface area contributed by atoms with Crippen molar-refractivity contribution in [2.45, 2.75) is 6.92 Å². The molecule has 0 radical (unpaired) electrons. The Morgan fingerprint density at radius 2 is 2.00 bits per heavy atom. The number of aryl methyl sites for hydroxylation is 1. The van der Waals surface area contributed by atoms with E-state index in [1.165, 1.54) is 5.56 Å². The van der Waals surface area contributed by atoms with Crippen LogP contribution in [0.25, 0.3) is 10.6 Å². The lowest BCUT2D eigenvalue weighted by atomic mass is 10.1. The van der Waals surface area contributed by atoms with Gasteiger partial charge in [0.2, 0.25) is 5.88 Å². The second-order valence-corrected chi connectivity index (χ2v) is 4.26. The lowest BCUT2D eigenvalue weighted by Gasteiger charge is -2.06. The first-order chi connectivity index (χ1) is 7.74. The summed E-state index contributed by atoms with van der Waals surface area (Å²) in [6.07, 6.45) is 0. The van der Waals surface area contributed by atoms with E-state index in [-0.39, 0.29) is 0 Å². The number of hydrogen-bond acceptors (Lipinski definition) is 4. The van der Waals surface area contributed by atoms with Gasteiger partial charge in [0.15, 0.2) is 0 Å². The zero-order chi connectivity index (χ0) is 11.5. The summed E-state index contributed by atoms with van der Waals surface area (Å²) in [6.45, 7) is 2.05. The molecule has 1 aromatic heterocycles. The van der Waals surface area contributed by atoms with Crippen LogP contribution < -0.4 is 9.47 Å². The fourth-order valence-corrected chi connectivity index (χ4v) is 2.26. The Kier molecular flexibility index (Phi) is 3.10. The van der Waals surface area contributed by atoms with Crippen LogP contribution >= 0.6 is 11.3 Å². The third kappa shape index (κ3) is 2.02. The minimum atomic E-state index is 0.642. The van der Waals surface area contributed by atoms with Crippen molar-refractivity contribution in [2.24, 2.45) is 0 Å². The smallest absolute Gasteiger partial charge is 0.224 e. The van der Waals surface area contributed by atoms with Gasteiger partial charge < -0.3 is 9.47 Å². The average Bonchev–Trinajstić information content (AvgIpc) is 2.77. The van der Waals surface area contributed by atoms with Crippen molar-refractivity contribution in [3.8, 4) is 22.2 Å². The third-order valence-electron chi connectivity index (χ3n) is 2.28. The van der Waals surface area contributed by atoms with Gasteiger partial charge in [-0.1, -0.05) is 11.6 Å². The molecule has 1 aromatic carbocycles. The van der Waals surface area contributed by atoms with Crippen LogP contribution in [0.5, 0.6) is 11.6 Å². The largest absolute Gasteiger partial charge is 0.496 e. The SMILES string of the molecule is COc1csc(-c2cc(C)ccc2OC)n1. The molecule has 0 aliphatic rings. The maximum atomic E-state index is 5.32. The molecule has 0 atom stereocenters. The number of methoxy groups -OCH3 is 2. The predicted molar refractivity (Wildman–Crippen MR) is 65.4 cm³/mol. The highest BCUT2D eigenvalue weighted by molar-refractivity contribution is 7.13. The number of aromatic nitrogens is 1. The lowest BCUT2D eigenvalue weighted by Crippen LogP contribution is -1.89. The molecule has 2 rings (SSSR count). The molecule has 3 nitrogen and oxygen atoms in total. The van der Waals surface area contributed by atoms with Crippen molar-refractivity contribution in [3.63, 3.8) is 0 Å². The summed E-state index contributed by atoms with van der Waals surface area (Å²) in [6, 6.07) is 6.04. The predicted octanol–water partition coefficient (Wildman–Crippen LogP) is 3.14. The highest BCUT2D eigenvalue weighted by Gasteiger charge is 2.10. The van der Waals surface area contributed by atoms with Gasteiger partial charge in [-0.2, -0.15) is 0 Å². The van der Waals surface area contributed by atoms with Crippen molar-refractivity contribution in [3.05, 3.63) is 29.1 Å². The molecule has 0 amide bonds. The van der Waals surface area contributed by atoms with Gasteiger partial charge in [-0.05, 0) is 19.1 Å². The molecule has 0 aliphatic heterocycles. The van der Waals surface area contributed by atoms with Gasteiger partial charge >= 0.3 is 0 Å². The van der Waals surface area contributed by atoms with Crippen LogP contribution in [0.15, 0.2) is 23.6 Å². The second kappa shape index (κ2) is 4.53. The van der Waals surface area contributed by atoms with Crippen LogP contribution in [0, 0.1) is 6.92 Å². The first-order valence-corrected chi connectivity index (χ1v) is 5.77. The van der Waals surface area contributed by atoms with Crippen LogP contribution in [0.1, 0.15) is 5.56 Å². The van der Waals surface area contributed by atoms with Crippen molar-refractivity contribution in [1.29, 1.82) is 0 Å². The monoisotopic (exact) mass is 235 g/mol. The topological polar surface area (TPSA) is 31.4 Å². The molecule has 0 N–H and O–H groups in total. The zero-order valence-corrected chi connectivity index (χ0v) is 10.3. The molecule has 0 fully saturated rings. The number of nitrogens with zero attached hydrogens (tertiary/aromatic N) is 1. The normalized spacial score (nSPS) is 10.2. The van der Waals surface area contributed by atoms with E-state index in [9.17, 15) is 0 Å². The van der Waals surface area contributed by atoms with Gasteiger partial charge in [0.05, 0.1) is 25.2 Å². The standard InChI is InChI=1S/C12H13NO2S/c1-8-4-5-10(14-2)9(6-8)12-13-11(15-3)7-16-12/h4-7H,1-3H3. The van der Waals surface area contributed by atoms with Crippen LogP contribution in [0.4, 0.5) is 0 Å². The molecule has 0 saturated heterocycles. The van der Waals surface area contributed by atoms with Crippen LogP contribution in [-0.2, 0) is 0 Å². The fraction of sp³-hybridized carbons (Fsp3) is 0.250. The molecule has 0 bridgehead atoms. The molecule has 1 heterocycles. The Labute approximate surface area is 98.7 Å². The highest BCUT2D eigenvalue weighted by Crippen LogP contribution is 2.34. The molecule has 0 saturated carbocycles. The molecular formula is C12H13NO2S. The number of benzene rings is 1. The van der Waals surface area contributed by atoms with Crippen molar-refractivity contribution in [1.82, 2.24) is 4.98 Å². The summed E-state index contributed by atoms with van der Waals surface area (Å²) in [5.41, 5.74) is 2.20. The molecule has 4 heteroatoms. The Balaban J connectivity index is 2.49. The Bertz CT molecular complexity index is 494. The number of hydrogen-bond donors (Lipinski definition) is 0. The maximum absolute atomic E-state index is 5.32. The van der Waals surface area contributed by atoms with Crippen LogP contribution in [0.3, 0.4) is 0 Å². The number of rotatable bonds is 3. The van der Waals surface area contributed by atoms with Gasteiger partial charge in [-0.25, -0.2) is 4.98 Å². The van der Waals surface area contributed by atoms with E-state index in [4.69, 9.17) is 9.47 Å². The summed E-state index contributed by atoms with van der Waals surface area (Å²) < 4.78 is 10.4. The molecule has 0 aliphatic carbocycles. The third-order valence-corrected chi connectivity index (χ3v) is 3.13. The fourth-order valence-electron chi connectivity index (χ4n) is 1.47. The summed E-state index contributed by atoms with van der Waals surface area (Å²) >= 11 is 1.55. The van der Waals surface area contributed by atoms with Gasteiger partial charge in [0, 0.05) is 0 Å². The second-order valence-electron chi connectivity index (χ2n) is 3.40. The van der Waals surface area contributed by atoms with Crippen molar-refractivity contribution in [2.75, 3.05) is 14.2 Å². The number of thiazole rings is 1. The van der Waals surface area contributed by atoms with Crippen LogP contribution in [-0.4, -0.2) is 19.2 Å². The van der Waals surface area contributed by atoms with Gasteiger partial charge in [0.1, 0.15) is 10.8 Å². The minimum absolute atomic E-state index is 0.642. The Hall–Kier alpha value is -1.55. The molecule has 0 unspecified atom stereocenters. The van der Waals surface area contributed by atoms with E-state index in [1.54, 1.807) is 25.6 Å². The van der Waals surface area contributed by atoms with Gasteiger partial charge in [0.25, 0.3) is 0 Å². The Morgan fingerprint density at radius 1 is 1.19 bits per heavy atom. The van der Waals surface area contributed by atoms with Crippen molar-refractivity contribution < 1.29 is 9.47 Å². The molecule has 0 spiro atoms. The summed E-state index contributed by atoms with van der Waals surface area (Å²) in [7, 11) is 3.28. The van der Waals surface area contributed by atoms with E-state index in [1.807, 2.05) is 24.4 Å². The molecule has 2 aromatic rings. The van der Waals surface area contributed by atoms with Crippen LogP contribution in [0.2, 0.25) is 0 Å². The minimum Gasteiger partial charge on any atom is -0.496 e. The van der Waals surface area contributed by atoms with E-state index in [0.29, 0.717) is 5.88 Å². The average molecular weight is 235 g/mol. The lowest BCUT2D eigenvalue weighted by molar-refractivity contribution is 0.400. The molecule has 16 heavy (non-hydrogen) atoms. The maximum Gasteiger partial charge on any atom is 0.224 e. The molecular weight excluding hydrogens is 222 g/mol. The van der Waals surface area contributed by atoms with Gasteiger partial charge in [-0.15, -0.1) is 11.3 Å². The number of ether oxygens (including phenoxy) is 2. The Morgan fingerprint density at radius 3 is 2.62 bits per heavy atom. The first-order valence-electron chi connectivity index (χ1n) is 4.89. The summed E-state index contributed by atoms with van der Waals surface area (Å²) in [5.74, 6) is 1.48. The quantitative estimate of drug-likeness (QED) is 0.819. The zero-order valence-electron chi connectivity index (χ0n) is 9.48. The first kappa shape index (κ1) is 11.0. The van der Waals surface area contributed by atoms with E-state index in [2.05, 4.69) is 11.1 Å². The highest BCUT2D eigenvalue weighted by atomic mass is 32.1. The van der Waals surface area contributed by atoms with Crippen molar-refractivity contribution >= 4 is 11.3 Å². The van der Waals surface area contributed by atoms with E-state index < -0.39 is 0 Å². The molecule has 84 valence electrons. The van der Waals surface area contributed by atoms with E-state index in [0.717, 1.165) is 16.3 Å². The summed E-state index contributed by atoms with van der Waals surface area (Å²) in [5, 5.41) is 2.80. The van der Waals surface area contributed by atoms with E-state index >= 15 is 0 Å². The summed E-state index contributed by atoms with van der Waals surface area (Å²) in [4.78, 5) is 4.36. The van der Waals surface area contributed by atoms with Gasteiger partial charge in [-0.3, -0.25) is 0 Å².